The number of para-hydroxylation sites is 1. The molecule has 2 rings (SSSR count). The third-order valence-electron chi connectivity index (χ3n) is 3.70. The first kappa shape index (κ1) is 13.4. The van der Waals surface area contributed by atoms with Crippen LogP contribution in [-0.2, 0) is 0 Å². The van der Waals surface area contributed by atoms with Gasteiger partial charge in [0, 0.05) is 24.6 Å². The summed E-state index contributed by atoms with van der Waals surface area (Å²) in [5, 5.41) is 0. The van der Waals surface area contributed by atoms with Crippen molar-refractivity contribution < 1.29 is 4.74 Å². The molecule has 0 fully saturated rings. The first-order valence-corrected chi connectivity index (χ1v) is 6.88. The fourth-order valence-corrected chi connectivity index (χ4v) is 2.54. The molecule has 0 radical (unpaired) electrons. The van der Waals surface area contributed by atoms with Crippen molar-refractivity contribution in [3.05, 3.63) is 29.8 Å². The molecule has 3 heteroatoms. The van der Waals surface area contributed by atoms with Crippen LogP contribution in [-0.4, -0.2) is 37.7 Å². The number of hydrogen-bond donors (Lipinski definition) is 1. The quantitative estimate of drug-likeness (QED) is 0.837. The molecule has 3 nitrogen and oxygen atoms in total. The molecule has 0 saturated carbocycles. The molecule has 1 aliphatic heterocycles. The number of likely N-dealkylation sites (N-methyl/N-ethyl adjacent to an activating group) is 1. The zero-order valence-electron chi connectivity index (χ0n) is 11.4. The van der Waals surface area contributed by atoms with Crippen molar-refractivity contribution in [3.63, 3.8) is 0 Å². The molecular formula is C15H24N2O. The van der Waals surface area contributed by atoms with Crippen LogP contribution in [0.1, 0.15) is 25.3 Å². The van der Waals surface area contributed by atoms with Crippen molar-refractivity contribution in [3.8, 4) is 5.75 Å². The van der Waals surface area contributed by atoms with Gasteiger partial charge in [-0.25, -0.2) is 0 Å². The highest BCUT2D eigenvalue weighted by Gasteiger charge is 2.25. The summed E-state index contributed by atoms with van der Waals surface area (Å²) in [6.07, 6.45) is 0. The van der Waals surface area contributed by atoms with E-state index in [9.17, 15) is 0 Å². The Morgan fingerprint density at radius 1 is 1.44 bits per heavy atom. The predicted octanol–water partition coefficient (Wildman–Crippen LogP) is 2.08. The zero-order valence-corrected chi connectivity index (χ0v) is 11.4. The lowest BCUT2D eigenvalue weighted by Crippen LogP contribution is -2.35. The standard InChI is InChI=1S/C15H24N2O/c1-3-17(9-12(2)8-16)10-13-11-18-15-7-5-4-6-14(13)15/h4-7,12-13H,3,8-11,16H2,1-2H3. The SMILES string of the molecule is CCN(CC(C)CN)CC1COc2ccccc21. The summed E-state index contributed by atoms with van der Waals surface area (Å²) in [6, 6.07) is 8.38. The molecule has 0 aliphatic carbocycles. The Bertz CT molecular complexity index is 381. The average Bonchev–Trinajstić information content (AvgIpc) is 2.81. The van der Waals surface area contributed by atoms with Crippen molar-refractivity contribution in [1.29, 1.82) is 0 Å². The normalized spacial score (nSPS) is 19.7. The highest BCUT2D eigenvalue weighted by Crippen LogP contribution is 2.33. The Morgan fingerprint density at radius 2 is 2.22 bits per heavy atom. The maximum absolute atomic E-state index is 5.74. The molecular weight excluding hydrogens is 224 g/mol. The number of benzene rings is 1. The lowest BCUT2D eigenvalue weighted by Gasteiger charge is -2.26. The summed E-state index contributed by atoms with van der Waals surface area (Å²) in [5.41, 5.74) is 7.07. The number of nitrogens with zero attached hydrogens (tertiary/aromatic N) is 1. The molecule has 0 spiro atoms. The van der Waals surface area contributed by atoms with Crippen LogP contribution in [0.25, 0.3) is 0 Å². The first-order chi connectivity index (χ1) is 8.74. The second-order valence-electron chi connectivity index (χ2n) is 5.24. The summed E-state index contributed by atoms with van der Waals surface area (Å²) in [5.74, 6) is 2.12. The van der Waals surface area contributed by atoms with Crippen molar-refractivity contribution in [1.82, 2.24) is 4.90 Å². The summed E-state index contributed by atoms with van der Waals surface area (Å²) in [6.45, 7) is 9.21. The van der Waals surface area contributed by atoms with E-state index in [0.717, 1.165) is 38.5 Å². The van der Waals surface area contributed by atoms with Gasteiger partial charge in [0.25, 0.3) is 0 Å². The number of hydrogen-bond acceptors (Lipinski definition) is 3. The van der Waals surface area contributed by atoms with Crippen molar-refractivity contribution in [2.24, 2.45) is 11.7 Å². The fraction of sp³-hybridized carbons (Fsp3) is 0.600. The Morgan fingerprint density at radius 3 is 2.94 bits per heavy atom. The maximum atomic E-state index is 5.74. The molecule has 0 bridgehead atoms. The van der Waals surface area contributed by atoms with E-state index in [4.69, 9.17) is 10.5 Å². The fourth-order valence-electron chi connectivity index (χ4n) is 2.54. The van der Waals surface area contributed by atoms with Crippen LogP contribution in [0.4, 0.5) is 0 Å². The summed E-state index contributed by atoms with van der Waals surface area (Å²) in [7, 11) is 0. The monoisotopic (exact) mass is 248 g/mol. The zero-order chi connectivity index (χ0) is 13.0. The van der Waals surface area contributed by atoms with Gasteiger partial charge in [0.1, 0.15) is 5.75 Å². The van der Waals surface area contributed by atoms with Crippen LogP contribution >= 0.6 is 0 Å². The number of fused-ring (bicyclic) bond motifs is 1. The van der Waals surface area contributed by atoms with E-state index in [1.165, 1.54) is 5.56 Å². The highest BCUT2D eigenvalue weighted by atomic mass is 16.5. The maximum Gasteiger partial charge on any atom is 0.122 e. The van der Waals surface area contributed by atoms with Gasteiger partial charge in [0.2, 0.25) is 0 Å². The average molecular weight is 248 g/mol. The van der Waals surface area contributed by atoms with Crippen LogP contribution < -0.4 is 10.5 Å². The molecule has 2 N–H and O–H groups in total. The lowest BCUT2D eigenvalue weighted by molar-refractivity contribution is 0.218. The summed E-state index contributed by atoms with van der Waals surface area (Å²) in [4.78, 5) is 2.48. The Hall–Kier alpha value is -1.06. The Labute approximate surface area is 110 Å². The first-order valence-electron chi connectivity index (χ1n) is 6.88. The molecule has 0 saturated heterocycles. The molecule has 0 amide bonds. The van der Waals surface area contributed by atoms with E-state index in [0.29, 0.717) is 11.8 Å². The van der Waals surface area contributed by atoms with Crippen LogP contribution in [0.3, 0.4) is 0 Å². The van der Waals surface area contributed by atoms with Crippen molar-refractivity contribution in [2.75, 3.05) is 32.8 Å². The van der Waals surface area contributed by atoms with Gasteiger partial charge in [-0.3, -0.25) is 0 Å². The van der Waals surface area contributed by atoms with Gasteiger partial charge in [0.05, 0.1) is 6.61 Å². The van der Waals surface area contributed by atoms with E-state index in [-0.39, 0.29) is 0 Å². The molecule has 1 aromatic carbocycles. The molecule has 100 valence electrons. The van der Waals surface area contributed by atoms with E-state index in [2.05, 4.69) is 36.9 Å². The van der Waals surface area contributed by atoms with Crippen LogP contribution in [0.15, 0.2) is 24.3 Å². The van der Waals surface area contributed by atoms with Crippen LogP contribution in [0.5, 0.6) is 5.75 Å². The second kappa shape index (κ2) is 6.21. The van der Waals surface area contributed by atoms with Gasteiger partial charge in [-0.05, 0) is 25.1 Å². The smallest absolute Gasteiger partial charge is 0.122 e. The minimum Gasteiger partial charge on any atom is -0.493 e. The molecule has 1 aliphatic rings. The minimum absolute atomic E-state index is 0.506. The molecule has 2 atom stereocenters. The van der Waals surface area contributed by atoms with Crippen molar-refractivity contribution >= 4 is 0 Å². The molecule has 1 aromatic rings. The van der Waals surface area contributed by atoms with Crippen molar-refractivity contribution in [2.45, 2.75) is 19.8 Å². The van der Waals surface area contributed by atoms with E-state index in [1.807, 2.05) is 6.07 Å². The predicted molar refractivity (Wildman–Crippen MR) is 75.0 cm³/mol. The molecule has 0 aromatic heterocycles. The minimum atomic E-state index is 0.506. The topological polar surface area (TPSA) is 38.5 Å². The molecule has 18 heavy (non-hydrogen) atoms. The van der Waals surface area contributed by atoms with Gasteiger partial charge >= 0.3 is 0 Å². The highest BCUT2D eigenvalue weighted by molar-refractivity contribution is 5.39. The number of rotatable bonds is 6. The van der Waals surface area contributed by atoms with E-state index < -0.39 is 0 Å². The third kappa shape index (κ3) is 3.03. The number of ether oxygens (including phenoxy) is 1. The molecule has 2 unspecified atom stereocenters. The van der Waals surface area contributed by atoms with Gasteiger partial charge in [-0.1, -0.05) is 32.0 Å². The Kier molecular flexibility index (Phi) is 4.61. The van der Waals surface area contributed by atoms with E-state index >= 15 is 0 Å². The van der Waals surface area contributed by atoms with Gasteiger partial charge < -0.3 is 15.4 Å². The Balaban J connectivity index is 1.97. The second-order valence-corrected chi connectivity index (χ2v) is 5.24. The van der Waals surface area contributed by atoms with Gasteiger partial charge in [-0.2, -0.15) is 0 Å². The molecule has 1 heterocycles. The van der Waals surface area contributed by atoms with Gasteiger partial charge in [0.15, 0.2) is 0 Å². The lowest BCUT2D eigenvalue weighted by atomic mass is 10.00. The summed E-state index contributed by atoms with van der Waals surface area (Å²) >= 11 is 0. The van der Waals surface area contributed by atoms with Crippen LogP contribution in [0, 0.1) is 5.92 Å². The van der Waals surface area contributed by atoms with E-state index in [1.54, 1.807) is 0 Å². The van der Waals surface area contributed by atoms with Gasteiger partial charge in [-0.15, -0.1) is 0 Å². The third-order valence-corrected chi connectivity index (χ3v) is 3.70. The van der Waals surface area contributed by atoms with Crippen LogP contribution in [0.2, 0.25) is 0 Å². The number of nitrogens with two attached hydrogens (primary N) is 1. The summed E-state index contributed by atoms with van der Waals surface area (Å²) < 4.78 is 5.74. The largest absolute Gasteiger partial charge is 0.493 e.